The molecule has 0 bridgehead atoms. The van der Waals surface area contributed by atoms with Crippen LogP contribution in [0.4, 0.5) is 11.6 Å². The summed E-state index contributed by atoms with van der Waals surface area (Å²) in [6.45, 7) is 3.76. The van der Waals surface area contributed by atoms with Crippen molar-refractivity contribution in [2.45, 2.75) is 26.0 Å². The Labute approximate surface area is 217 Å². The number of anilines is 2. The third-order valence-corrected chi connectivity index (χ3v) is 6.72. The molecule has 0 saturated heterocycles. The second kappa shape index (κ2) is 10.00. The molecule has 0 aliphatic rings. The molecular weight excluding hydrogens is 488 g/mol. The number of fused-ring (bicyclic) bond motifs is 1. The lowest BCUT2D eigenvalue weighted by Gasteiger charge is -2.20. The zero-order valence-electron chi connectivity index (χ0n) is 20.4. The molecule has 0 unspecified atom stereocenters. The SMILES string of the molecule is CC(C)(O)Cn1c(NC(=O)c2ccc(-c3ncc[nH]3)s2)nc2cc(NCC(=O)c3ccccc3)ccc21. The lowest BCUT2D eigenvalue weighted by Crippen LogP contribution is -2.27. The molecule has 3 aromatic heterocycles. The zero-order chi connectivity index (χ0) is 26.0. The molecule has 0 fully saturated rings. The molecule has 5 rings (SSSR count). The molecule has 0 radical (unpaired) electrons. The van der Waals surface area contributed by atoms with Crippen molar-refractivity contribution in [2.24, 2.45) is 0 Å². The van der Waals surface area contributed by atoms with Gasteiger partial charge in [0.2, 0.25) is 5.95 Å². The molecule has 0 saturated carbocycles. The molecule has 10 heteroatoms. The first-order valence-electron chi connectivity index (χ1n) is 11.7. The number of aromatic amines is 1. The van der Waals surface area contributed by atoms with Gasteiger partial charge in [-0.2, -0.15) is 0 Å². The molecule has 0 aliphatic carbocycles. The number of rotatable bonds is 9. The third kappa shape index (κ3) is 5.60. The molecule has 0 aliphatic heterocycles. The number of nitrogens with one attached hydrogen (secondary N) is 3. The molecule has 1 amide bonds. The first kappa shape index (κ1) is 24.4. The highest BCUT2D eigenvalue weighted by Crippen LogP contribution is 2.28. The van der Waals surface area contributed by atoms with Gasteiger partial charge < -0.3 is 20.0 Å². The Morgan fingerprint density at radius 3 is 2.65 bits per heavy atom. The number of nitrogens with zero attached hydrogens (tertiary/aromatic N) is 3. The van der Waals surface area contributed by atoms with Crippen LogP contribution in [-0.2, 0) is 6.54 Å². The van der Waals surface area contributed by atoms with Crippen LogP contribution in [0.15, 0.2) is 73.1 Å². The van der Waals surface area contributed by atoms with E-state index in [9.17, 15) is 14.7 Å². The van der Waals surface area contributed by atoms with Gasteiger partial charge in [-0.1, -0.05) is 30.3 Å². The molecule has 37 heavy (non-hydrogen) atoms. The van der Waals surface area contributed by atoms with E-state index in [0.29, 0.717) is 27.7 Å². The summed E-state index contributed by atoms with van der Waals surface area (Å²) in [6.07, 6.45) is 3.39. The Kier molecular flexibility index (Phi) is 6.60. The van der Waals surface area contributed by atoms with Crippen molar-refractivity contribution in [1.82, 2.24) is 19.5 Å². The molecule has 3 heterocycles. The first-order chi connectivity index (χ1) is 17.8. The lowest BCUT2D eigenvalue weighted by molar-refractivity contribution is 0.0630. The number of hydrogen-bond acceptors (Lipinski definition) is 7. The quantitative estimate of drug-likeness (QED) is 0.209. The van der Waals surface area contributed by atoms with Crippen LogP contribution in [0.5, 0.6) is 0 Å². The van der Waals surface area contributed by atoms with E-state index >= 15 is 0 Å². The maximum absolute atomic E-state index is 13.1. The number of thiophene rings is 1. The van der Waals surface area contributed by atoms with Gasteiger partial charge in [0.25, 0.3) is 5.91 Å². The van der Waals surface area contributed by atoms with Crippen molar-refractivity contribution in [2.75, 3.05) is 17.2 Å². The highest BCUT2D eigenvalue weighted by molar-refractivity contribution is 7.17. The molecule has 2 aromatic carbocycles. The van der Waals surface area contributed by atoms with Crippen molar-refractivity contribution in [3.63, 3.8) is 0 Å². The van der Waals surface area contributed by atoms with Crippen LogP contribution >= 0.6 is 11.3 Å². The number of imidazole rings is 2. The van der Waals surface area contributed by atoms with Gasteiger partial charge >= 0.3 is 0 Å². The highest BCUT2D eigenvalue weighted by Gasteiger charge is 2.22. The number of aromatic nitrogens is 4. The molecule has 4 N–H and O–H groups in total. The predicted molar refractivity (Wildman–Crippen MR) is 145 cm³/mol. The van der Waals surface area contributed by atoms with Crippen LogP contribution in [0.1, 0.15) is 33.9 Å². The maximum Gasteiger partial charge on any atom is 0.268 e. The van der Waals surface area contributed by atoms with Gasteiger partial charge in [-0.15, -0.1) is 11.3 Å². The normalized spacial score (nSPS) is 11.5. The highest BCUT2D eigenvalue weighted by atomic mass is 32.1. The minimum absolute atomic E-state index is 0.0222. The van der Waals surface area contributed by atoms with Crippen LogP contribution < -0.4 is 10.6 Å². The van der Waals surface area contributed by atoms with Crippen molar-refractivity contribution in [3.05, 3.63) is 83.5 Å². The number of ketones is 1. The van der Waals surface area contributed by atoms with Crippen LogP contribution in [0.3, 0.4) is 0 Å². The lowest BCUT2D eigenvalue weighted by atomic mass is 10.1. The second-order valence-electron chi connectivity index (χ2n) is 9.24. The van der Waals surface area contributed by atoms with E-state index in [-0.39, 0.29) is 24.8 Å². The largest absolute Gasteiger partial charge is 0.389 e. The Balaban J connectivity index is 1.39. The number of H-pyrrole nitrogens is 1. The van der Waals surface area contributed by atoms with Crippen molar-refractivity contribution in [3.8, 4) is 10.7 Å². The van der Waals surface area contributed by atoms with Gasteiger partial charge in [0.1, 0.15) is 5.82 Å². The average molecular weight is 515 g/mol. The number of carbonyl (C=O) groups excluding carboxylic acids is 2. The summed E-state index contributed by atoms with van der Waals surface area (Å²) in [5.41, 5.74) is 1.70. The van der Waals surface area contributed by atoms with E-state index < -0.39 is 5.60 Å². The van der Waals surface area contributed by atoms with E-state index in [1.807, 2.05) is 42.5 Å². The van der Waals surface area contributed by atoms with Crippen LogP contribution in [0, 0.1) is 0 Å². The molecular formula is C27H26N6O3S. The average Bonchev–Trinajstić information content (AvgIpc) is 3.63. The van der Waals surface area contributed by atoms with E-state index in [2.05, 4.69) is 25.6 Å². The monoisotopic (exact) mass is 514 g/mol. The summed E-state index contributed by atoms with van der Waals surface area (Å²) in [5, 5.41) is 16.6. The fourth-order valence-electron chi connectivity index (χ4n) is 3.94. The van der Waals surface area contributed by atoms with Crippen molar-refractivity contribution < 1.29 is 14.7 Å². The number of carbonyl (C=O) groups is 2. The van der Waals surface area contributed by atoms with Gasteiger partial charge in [-0.3, -0.25) is 14.9 Å². The van der Waals surface area contributed by atoms with Gasteiger partial charge in [0.05, 0.1) is 39.5 Å². The minimum atomic E-state index is -1.04. The molecule has 0 spiro atoms. The van der Waals surface area contributed by atoms with Gasteiger partial charge in [0.15, 0.2) is 5.78 Å². The Bertz CT molecular complexity index is 1550. The molecule has 0 atom stereocenters. The smallest absolute Gasteiger partial charge is 0.268 e. The topological polar surface area (TPSA) is 125 Å². The van der Waals surface area contributed by atoms with Crippen LogP contribution in [0.2, 0.25) is 0 Å². The van der Waals surface area contributed by atoms with Gasteiger partial charge in [0, 0.05) is 23.6 Å². The fourth-order valence-corrected chi connectivity index (χ4v) is 4.80. The third-order valence-electron chi connectivity index (χ3n) is 5.63. The van der Waals surface area contributed by atoms with Crippen molar-refractivity contribution >= 4 is 45.7 Å². The number of hydrogen-bond donors (Lipinski definition) is 4. The summed E-state index contributed by atoms with van der Waals surface area (Å²) in [5.74, 6) is 0.699. The van der Waals surface area contributed by atoms with Crippen molar-refractivity contribution in [1.29, 1.82) is 0 Å². The standard InChI is InChI=1S/C27H26N6O3S/c1-27(2,36)16-33-20-9-8-18(30-15-21(34)17-6-4-3-5-7-17)14-19(20)31-26(33)32-25(35)23-11-10-22(37-23)24-28-12-13-29-24/h3-14,30,36H,15-16H2,1-2H3,(H,28,29)(H,31,32,35). The number of amides is 1. The summed E-state index contributed by atoms with van der Waals surface area (Å²) in [7, 11) is 0. The summed E-state index contributed by atoms with van der Waals surface area (Å²) in [4.78, 5) is 38.8. The van der Waals surface area contributed by atoms with E-state index in [1.54, 1.807) is 49.0 Å². The number of Topliss-reactive ketones (excluding diaryl/α,β-unsaturated/α-hetero) is 1. The number of aliphatic hydroxyl groups is 1. The zero-order valence-corrected chi connectivity index (χ0v) is 21.2. The summed E-state index contributed by atoms with van der Waals surface area (Å²) in [6, 6.07) is 18.2. The van der Waals surface area contributed by atoms with Crippen LogP contribution in [-0.4, -0.2) is 48.5 Å². The molecule has 9 nitrogen and oxygen atoms in total. The summed E-state index contributed by atoms with van der Waals surface area (Å²) < 4.78 is 1.78. The predicted octanol–water partition coefficient (Wildman–Crippen LogP) is 4.81. The molecule has 5 aromatic rings. The summed E-state index contributed by atoms with van der Waals surface area (Å²) >= 11 is 1.32. The first-order valence-corrected chi connectivity index (χ1v) is 12.5. The Hall–Kier alpha value is -4.28. The van der Waals surface area contributed by atoms with Crippen LogP contribution in [0.25, 0.3) is 21.7 Å². The fraction of sp³-hybridized carbons (Fsp3) is 0.185. The maximum atomic E-state index is 13.1. The van der Waals surface area contributed by atoms with E-state index in [0.717, 1.165) is 16.1 Å². The van der Waals surface area contributed by atoms with E-state index in [1.165, 1.54) is 11.3 Å². The number of benzene rings is 2. The minimum Gasteiger partial charge on any atom is -0.389 e. The van der Waals surface area contributed by atoms with Gasteiger partial charge in [-0.25, -0.2) is 9.97 Å². The Morgan fingerprint density at radius 2 is 1.92 bits per heavy atom. The van der Waals surface area contributed by atoms with Gasteiger partial charge in [-0.05, 0) is 44.2 Å². The molecule has 188 valence electrons. The second-order valence-corrected chi connectivity index (χ2v) is 10.3. The Morgan fingerprint density at radius 1 is 1.11 bits per heavy atom. The van der Waals surface area contributed by atoms with E-state index in [4.69, 9.17) is 0 Å².